The van der Waals surface area contributed by atoms with Crippen molar-refractivity contribution in [3.05, 3.63) is 21.3 Å². The maximum atomic E-state index is 11.6. The van der Waals surface area contributed by atoms with Crippen LogP contribution in [0.25, 0.3) is 0 Å². The van der Waals surface area contributed by atoms with Gasteiger partial charge in [0.15, 0.2) is 0 Å². The molecule has 0 radical (unpaired) electrons. The van der Waals surface area contributed by atoms with Crippen LogP contribution in [0.15, 0.2) is 21.3 Å². The predicted octanol–water partition coefficient (Wildman–Crippen LogP) is 1.71. The number of halogens is 1. The molecule has 1 heterocycles. The molecule has 4 nitrogen and oxygen atoms in total. The maximum Gasteiger partial charge on any atom is 0.339 e. The van der Waals surface area contributed by atoms with E-state index >= 15 is 0 Å². The summed E-state index contributed by atoms with van der Waals surface area (Å²) in [5, 5.41) is 0. The molecule has 0 saturated carbocycles. The highest BCUT2D eigenvalue weighted by Crippen LogP contribution is 2.18. The molecular formula is C11H13IO4. The molecule has 0 aliphatic carbocycles. The molecular weight excluding hydrogens is 323 g/mol. The fourth-order valence-corrected chi connectivity index (χ4v) is 2.82. The summed E-state index contributed by atoms with van der Waals surface area (Å²) in [4.78, 5) is 23.2. The lowest BCUT2D eigenvalue weighted by Gasteiger charge is -2.09. The van der Waals surface area contributed by atoms with Gasteiger partial charge in [-0.25, -0.2) is 9.59 Å². The summed E-state index contributed by atoms with van der Waals surface area (Å²) >= 11 is -0.305. The molecule has 1 aliphatic heterocycles. The second kappa shape index (κ2) is 6.57. The Balaban J connectivity index is 2.98. The molecule has 0 atom stereocenters. The molecule has 0 amide bonds. The SMILES string of the molecule is CCOC(=O)C1=C(C(=O)OCC)C=IC=C1. The summed E-state index contributed by atoms with van der Waals surface area (Å²) in [7, 11) is 0. The van der Waals surface area contributed by atoms with Gasteiger partial charge in [0.05, 0.1) is 24.4 Å². The van der Waals surface area contributed by atoms with Crippen molar-refractivity contribution in [2.75, 3.05) is 13.2 Å². The van der Waals surface area contributed by atoms with Crippen molar-refractivity contribution in [3.63, 3.8) is 0 Å². The minimum Gasteiger partial charge on any atom is -0.462 e. The van der Waals surface area contributed by atoms with Crippen LogP contribution in [0.5, 0.6) is 0 Å². The van der Waals surface area contributed by atoms with E-state index in [9.17, 15) is 9.59 Å². The standard InChI is InChI=1S/C11H13IO4/c1-3-15-10(13)8-5-6-12-7-9(8)11(14)16-4-2/h5-7H,3-4H2,1-2H3. The minimum atomic E-state index is -0.471. The fourth-order valence-electron chi connectivity index (χ4n) is 1.10. The van der Waals surface area contributed by atoms with E-state index in [0.29, 0.717) is 24.4 Å². The highest BCUT2D eigenvalue weighted by Gasteiger charge is 2.20. The van der Waals surface area contributed by atoms with E-state index in [1.807, 2.05) is 4.08 Å². The molecule has 0 saturated heterocycles. The van der Waals surface area contributed by atoms with Gasteiger partial charge in [-0.3, -0.25) is 0 Å². The van der Waals surface area contributed by atoms with Gasteiger partial charge in [-0.05, 0) is 28.0 Å². The Morgan fingerprint density at radius 3 is 2.25 bits per heavy atom. The van der Waals surface area contributed by atoms with Gasteiger partial charge in [0.25, 0.3) is 0 Å². The smallest absolute Gasteiger partial charge is 0.339 e. The topological polar surface area (TPSA) is 52.6 Å². The average Bonchev–Trinajstić information content (AvgIpc) is 2.30. The summed E-state index contributed by atoms with van der Waals surface area (Å²) in [5.41, 5.74) is 0.641. The van der Waals surface area contributed by atoms with Crippen LogP contribution >= 0.6 is 20.7 Å². The van der Waals surface area contributed by atoms with Crippen LogP contribution in [0.3, 0.4) is 0 Å². The van der Waals surface area contributed by atoms with E-state index in [1.165, 1.54) is 0 Å². The van der Waals surface area contributed by atoms with Crippen molar-refractivity contribution in [2.24, 2.45) is 0 Å². The lowest BCUT2D eigenvalue weighted by Crippen LogP contribution is -2.17. The van der Waals surface area contributed by atoms with E-state index < -0.39 is 11.9 Å². The Bertz CT molecular complexity index is 343. The Hall–Kier alpha value is -0.980. The molecule has 0 N–H and O–H groups in total. The zero-order chi connectivity index (χ0) is 12.0. The van der Waals surface area contributed by atoms with E-state index in [2.05, 4.69) is 0 Å². The van der Waals surface area contributed by atoms with Crippen LogP contribution in [0.4, 0.5) is 0 Å². The van der Waals surface area contributed by atoms with Gasteiger partial charge in [0, 0.05) is 0 Å². The van der Waals surface area contributed by atoms with Crippen LogP contribution in [-0.4, -0.2) is 29.2 Å². The van der Waals surface area contributed by atoms with E-state index in [0.717, 1.165) is 0 Å². The highest BCUT2D eigenvalue weighted by atomic mass is 127. The van der Waals surface area contributed by atoms with E-state index in [-0.39, 0.29) is 20.7 Å². The Morgan fingerprint density at radius 2 is 1.69 bits per heavy atom. The van der Waals surface area contributed by atoms with E-state index in [1.54, 1.807) is 23.9 Å². The van der Waals surface area contributed by atoms with Gasteiger partial charge in [-0.15, -0.1) is 0 Å². The van der Waals surface area contributed by atoms with Gasteiger partial charge in [-0.2, -0.15) is 0 Å². The van der Waals surface area contributed by atoms with E-state index in [4.69, 9.17) is 9.47 Å². The summed E-state index contributed by atoms with van der Waals surface area (Å²) in [6, 6.07) is 0. The van der Waals surface area contributed by atoms with Gasteiger partial charge in [-0.1, -0.05) is 20.7 Å². The first-order chi connectivity index (χ1) is 7.70. The third kappa shape index (κ3) is 3.26. The third-order valence-corrected chi connectivity index (χ3v) is 3.51. The lowest BCUT2D eigenvalue weighted by atomic mass is 10.1. The largest absolute Gasteiger partial charge is 0.462 e. The third-order valence-electron chi connectivity index (χ3n) is 1.76. The molecule has 0 aromatic heterocycles. The monoisotopic (exact) mass is 336 g/mol. The van der Waals surface area contributed by atoms with Crippen LogP contribution in [0.2, 0.25) is 0 Å². The van der Waals surface area contributed by atoms with Crippen LogP contribution < -0.4 is 0 Å². The molecule has 0 fully saturated rings. The van der Waals surface area contributed by atoms with Gasteiger partial charge in [0.1, 0.15) is 0 Å². The number of hydrogen-bond acceptors (Lipinski definition) is 4. The van der Waals surface area contributed by atoms with Crippen LogP contribution in [0, 0.1) is 0 Å². The maximum absolute atomic E-state index is 11.6. The first kappa shape index (κ1) is 13.1. The number of hydrogen-bond donors (Lipinski definition) is 0. The van der Waals surface area contributed by atoms with Gasteiger partial charge < -0.3 is 9.47 Å². The first-order valence-electron chi connectivity index (χ1n) is 4.91. The van der Waals surface area contributed by atoms with Crippen LogP contribution in [-0.2, 0) is 19.1 Å². The molecule has 0 aromatic rings. The summed E-state index contributed by atoms with van der Waals surface area (Å²) < 4.78 is 13.5. The first-order valence-corrected chi connectivity index (χ1v) is 7.40. The summed E-state index contributed by atoms with van der Waals surface area (Å²) in [6.07, 6.45) is 1.65. The lowest BCUT2D eigenvalue weighted by molar-refractivity contribution is -0.141. The highest BCUT2D eigenvalue weighted by molar-refractivity contribution is 14.2. The van der Waals surface area contributed by atoms with Gasteiger partial charge in [0.2, 0.25) is 0 Å². The zero-order valence-electron chi connectivity index (χ0n) is 9.16. The molecule has 0 aromatic carbocycles. The van der Waals surface area contributed by atoms with Crippen molar-refractivity contribution in [2.45, 2.75) is 13.8 Å². The van der Waals surface area contributed by atoms with Gasteiger partial charge >= 0.3 is 11.9 Å². The Morgan fingerprint density at radius 1 is 1.12 bits per heavy atom. The second-order valence-electron chi connectivity index (χ2n) is 2.80. The Kier molecular flexibility index (Phi) is 5.37. The summed E-state index contributed by atoms with van der Waals surface area (Å²) in [5.74, 6) is -0.920. The number of carbonyl (C=O) groups is 2. The quantitative estimate of drug-likeness (QED) is 0.579. The predicted molar refractivity (Wildman–Crippen MR) is 69.5 cm³/mol. The number of rotatable bonds is 4. The van der Waals surface area contributed by atoms with Crippen molar-refractivity contribution in [3.8, 4) is 0 Å². The summed E-state index contributed by atoms with van der Waals surface area (Å²) in [6.45, 7) is 4.05. The number of esters is 2. The molecule has 1 rings (SSSR count). The molecule has 0 bridgehead atoms. The minimum absolute atomic E-state index is 0.293. The molecule has 16 heavy (non-hydrogen) atoms. The molecule has 0 unspecified atom stereocenters. The van der Waals surface area contributed by atoms with Crippen molar-refractivity contribution < 1.29 is 19.1 Å². The Labute approximate surface area is 104 Å². The molecule has 1 aliphatic rings. The fraction of sp³-hybridized carbons (Fsp3) is 0.364. The van der Waals surface area contributed by atoms with Crippen molar-refractivity contribution >= 4 is 36.7 Å². The normalized spacial score (nSPS) is 14.4. The number of ether oxygens (including phenoxy) is 2. The molecule has 88 valence electrons. The molecule has 5 heteroatoms. The van der Waals surface area contributed by atoms with Crippen molar-refractivity contribution in [1.82, 2.24) is 0 Å². The second-order valence-corrected chi connectivity index (χ2v) is 4.86. The molecule has 0 spiro atoms. The average molecular weight is 336 g/mol. The zero-order valence-corrected chi connectivity index (χ0v) is 11.3. The van der Waals surface area contributed by atoms with Crippen LogP contribution in [0.1, 0.15) is 13.8 Å². The van der Waals surface area contributed by atoms with Crippen molar-refractivity contribution in [1.29, 1.82) is 0 Å². The number of carbonyl (C=O) groups excluding carboxylic acids is 2.